The molecule has 2 N–H and O–H groups in total. The number of hydrogen-bond donors (Lipinski definition) is 2. The average molecular weight is 406 g/mol. The van der Waals surface area contributed by atoms with Gasteiger partial charge >= 0.3 is 12.1 Å². The number of benzene rings is 2. The Hall–Kier alpha value is -3.00. The molecule has 0 aliphatic carbocycles. The summed E-state index contributed by atoms with van der Waals surface area (Å²) in [6.07, 6.45) is -1.23. The van der Waals surface area contributed by atoms with Crippen molar-refractivity contribution in [3.8, 4) is 5.75 Å². The molecule has 0 saturated heterocycles. The summed E-state index contributed by atoms with van der Waals surface area (Å²) in [6.45, 7) is 1.74. The second-order valence-electron chi connectivity index (χ2n) is 6.55. The number of fused-ring (bicyclic) bond motifs is 2. The van der Waals surface area contributed by atoms with Crippen LogP contribution in [0, 0.1) is 0 Å². The van der Waals surface area contributed by atoms with E-state index >= 15 is 0 Å². The fourth-order valence-corrected chi connectivity index (χ4v) is 3.16. The Morgan fingerprint density at radius 1 is 1.21 bits per heavy atom. The summed E-state index contributed by atoms with van der Waals surface area (Å²) in [7, 11) is 0. The van der Waals surface area contributed by atoms with E-state index in [0.717, 1.165) is 29.5 Å². The smallest absolute Gasteiger partial charge is 0.416 e. The maximum Gasteiger partial charge on any atom is 0.416 e. The van der Waals surface area contributed by atoms with Gasteiger partial charge in [-0.25, -0.2) is 4.79 Å². The van der Waals surface area contributed by atoms with Gasteiger partial charge in [0.1, 0.15) is 12.4 Å². The second kappa shape index (κ2) is 9.00. The largest absolute Gasteiger partial charge is 0.487 e. The summed E-state index contributed by atoms with van der Waals surface area (Å²) in [5.41, 5.74) is 1.38. The van der Waals surface area contributed by atoms with E-state index in [1.807, 2.05) is 29.2 Å². The van der Waals surface area contributed by atoms with Gasteiger partial charge in [-0.2, -0.15) is 13.2 Å². The quantitative estimate of drug-likeness (QED) is 0.529. The number of carboxylic acids is 1. The van der Waals surface area contributed by atoms with Crippen LogP contribution in [0.4, 0.5) is 24.5 Å². The molecule has 0 aromatic heterocycles. The zero-order valence-electron chi connectivity index (χ0n) is 15.6. The molecule has 5 nitrogen and oxygen atoms in total. The lowest BCUT2D eigenvalue weighted by Crippen LogP contribution is -2.24. The van der Waals surface area contributed by atoms with E-state index in [1.165, 1.54) is 12.1 Å². The monoisotopic (exact) mass is 406 g/mol. The van der Waals surface area contributed by atoms with Gasteiger partial charge in [-0.15, -0.1) is 0 Å². The van der Waals surface area contributed by atoms with Gasteiger partial charge in [0.2, 0.25) is 0 Å². The van der Waals surface area contributed by atoms with Gasteiger partial charge in [-0.3, -0.25) is 0 Å². The molecule has 154 valence electrons. The third-order valence-corrected chi connectivity index (χ3v) is 4.50. The van der Waals surface area contributed by atoms with Crippen molar-refractivity contribution in [1.82, 2.24) is 5.32 Å². The van der Waals surface area contributed by atoms with Gasteiger partial charge in [0.15, 0.2) is 0 Å². The number of nitrogens with zero attached hydrogens (tertiary/aromatic N) is 1. The fraction of sp³-hybridized carbons (Fsp3) is 0.286. The number of para-hydroxylation sites is 1. The first-order valence-electron chi connectivity index (χ1n) is 9.16. The van der Waals surface area contributed by atoms with Crippen LogP contribution < -0.4 is 15.0 Å². The maximum absolute atomic E-state index is 13.2. The molecular formula is C21H21F3N2O3. The molecule has 0 spiro atoms. The fourth-order valence-electron chi connectivity index (χ4n) is 3.16. The topological polar surface area (TPSA) is 61.8 Å². The molecule has 0 bridgehead atoms. The molecule has 3 rings (SSSR count). The molecule has 0 amide bonds. The standard InChI is InChI=1S/C21H21F3N2O3/c22-21(23,24)16-8-9-19-18(13-16)26(12-4-11-25-10-3-7-20(27)28)17-6-2-1-5-15(17)14-29-19/h1-3,5-9,13,25H,4,10-12,14H2,(H,27,28)/b7-3+. The molecule has 1 aliphatic heterocycles. The average Bonchev–Trinajstić information content (AvgIpc) is 2.83. The van der Waals surface area contributed by atoms with Crippen molar-refractivity contribution in [3.05, 3.63) is 65.7 Å². The molecule has 2 aromatic carbocycles. The number of alkyl halides is 3. The van der Waals surface area contributed by atoms with E-state index in [4.69, 9.17) is 9.84 Å². The van der Waals surface area contributed by atoms with Crippen molar-refractivity contribution in [2.45, 2.75) is 19.2 Å². The Morgan fingerprint density at radius 3 is 2.76 bits per heavy atom. The number of ether oxygens (including phenoxy) is 1. The van der Waals surface area contributed by atoms with Crippen LogP contribution in [0.15, 0.2) is 54.6 Å². The van der Waals surface area contributed by atoms with Crippen molar-refractivity contribution in [1.29, 1.82) is 0 Å². The van der Waals surface area contributed by atoms with E-state index in [9.17, 15) is 18.0 Å². The minimum atomic E-state index is -4.44. The summed E-state index contributed by atoms with van der Waals surface area (Å²) < 4.78 is 45.5. The van der Waals surface area contributed by atoms with E-state index in [0.29, 0.717) is 37.5 Å². The predicted octanol–water partition coefficient (Wildman–Crippen LogP) is 4.36. The lowest BCUT2D eigenvalue weighted by molar-refractivity contribution is -0.137. The van der Waals surface area contributed by atoms with Gasteiger partial charge in [0.25, 0.3) is 0 Å². The van der Waals surface area contributed by atoms with Crippen LogP contribution in [0.25, 0.3) is 0 Å². The molecule has 2 aromatic rings. The lowest BCUT2D eigenvalue weighted by Gasteiger charge is -2.26. The van der Waals surface area contributed by atoms with Gasteiger partial charge in [0, 0.05) is 30.4 Å². The van der Waals surface area contributed by atoms with E-state index in [2.05, 4.69) is 5.32 Å². The number of carbonyl (C=O) groups is 1. The SMILES string of the molecule is O=C(O)/C=C/CNCCCN1c2ccccc2COc2ccc(C(F)(F)F)cc21. The predicted molar refractivity (Wildman–Crippen MR) is 103 cm³/mol. The highest BCUT2D eigenvalue weighted by molar-refractivity contribution is 5.79. The van der Waals surface area contributed by atoms with E-state index in [-0.39, 0.29) is 6.61 Å². The molecule has 8 heteroatoms. The second-order valence-corrected chi connectivity index (χ2v) is 6.55. The molecule has 1 heterocycles. The number of hydrogen-bond acceptors (Lipinski definition) is 4. The number of halogens is 3. The van der Waals surface area contributed by atoms with Crippen LogP contribution in [-0.4, -0.2) is 30.7 Å². The molecule has 1 aliphatic rings. The highest BCUT2D eigenvalue weighted by atomic mass is 19.4. The summed E-state index contributed by atoms with van der Waals surface area (Å²) in [4.78, 5) is 12.3. The number of anilines is 2. The Labute approximate surface area is 166 Å². The molecule has 0 saturated carbocycles. The maximum atomic E-state index is 13.2. The van der Waals surface area contributed by atoms with E-state index in [1.54, 1.807) is 0 Å². The Morgan fingerprint density at radius 2 is 2.00 bits per heavy atom. The van der Waals surface area contributed by atoms with Crippen LogP contribution in [-0.2, 0) is 17.6 Å². The number of nitrogens with one attached hydrogen (secondary N) is 1. The number of aliphatic carboxylic acids is 1. The molecule has 0 atom stereocenters. The summed E-state index contributed by atoms with van der Waals surface area (Å²) in [5, 5.41) is 11.7. The normalized spacial score (nSPS) is 13.6. The molecular weight excluding hydrogens is 385 g/mol. The van der Waals surface area contributed by atoms with Crippen molar-refractivity contribution < 1.29 is 27.8 Å². The summed E-state index contributed by atoms with van der Waals surface area (Å²) in [6, 6.07) is 11.0. The number of carboxylic acid groups (broad SMARTS) is 1. The molecule has 29 heavy (non-hydrogen) atoms. The van der Waals surface area contributed by atoms with E-state index < -0.39 is 17.7 Å². The Kier molecular flexibility index (Phi) is 6.43. The molecule has 0 radical (unpaired) electrons. The van der Waals surface area contributed by atoms with Crippen molar-refractivity contribution >= 4 is 17.3 Å². The van der Waals surface area contributed by atoms with Crippen LogP contribution in [0.2, 0.25) is 0 Å². The highest BCUT2D eigenvalue weighted by Crippen LogP contribution is 2.42. The molecule has 0 unspecified atom stereocenters. The minimum Gasteiger partial charge on any atom is -0.487 e. The first-order valence-corrected chi connectivity index (χ1v) is 9.16. The zero-order valence-corrected chi connectivity index (χ0v) is 15.6. The van der Waals surface area contributed by atoms with Crippen molar-refractivity contribution in [3.63, 3.8) is 0 Å². The van der Waals surface area contributed by atoms with Crippen molar-refractivity contribution in [2.24, 2.45) is 0 Å². The van der Waals surface area contributed by atoms with Gasteiger partial charge in [-0.1, -0.05) is 24.3 Å². The van der Waals surface area contributed by atoms with Crippen LogP contribution >= 0.6 is 0 Å². The minimum absolute atomic E-state index is 0.281. The summed E-state index contributed by atoms with van der Waals surface area (Å²) >= 11 is 0. The van der Waals surface area contributed by atoms with Crippen LogP contribution in [0.1, 0.15) is 17.5 Å². The third kappa shape index (κ3) is 5.29. The lowest BCUT2D eigenvalue weighted by atomic mass is 10.1. The van der Waals surface area contributed by atoms with Crippen molar-refractivity contribution in [2.75, 3.05) is 24.5 Å². The molecule has 0 fully saturated rings. The third-order valence-electron chi connectivity index (χ3n) is 4.50. The van der Waals surface area contributed by atoms with Gasteiger partial charge in [-0.05, 0) is 37.2 Å². The van der Waals surface area contributed by atoms with Crippen LogP contribution in [0.3, 0.4) is 0 Å². The Bertz CT molecular complexity index is 897. The van der Waals surface area contributed by atoms with Crippen LogP contribution in [0.5, 0.6) is 5.75 Å². The number of rotatable bonds is 7. The Balaban J connectivity index is 1.80. The van der Waals surface area contributed by atoms with Gasteiger partial charge < -0.3 is 20.1 Å². The first kappa shape index (κ1) is 20.7. The van der Waals surface area contributed by atoms with Gasteiger partial charge in [0.05, 0.1) is 11.3 Å². The zero-order chi connectivity index (χ0) is 20.9. The highest BCUT2D eigenvalue weighted by Gasteiger charge is 2.32. The first-order chi connectivity index (χ1) is 13.9. The summed E-state index contributed by atoms with van der Waals surface area (Å²) in [5.74, 6) is -0.600.